The lowest BCUT2D eigenvalue weighted by Crippen LogP contribution is -2.60. The van der Waals surface area contributed by atoms with Gasteiger partial charge in [-0.2, -0.15) is 0 Å². The normalized spacial score (nSPS) is 22.1. The molecule has 1 fully saturated rings. The Morgan fingerprint density at radius 3 is 2.54 bits per heavy atom. The van der Waals surface area contributed by atoms with Crippen molar-refractivity contribution < 1.29 is 36.2 Å². The number of aliphatic hydroxyl groups excluding tert-OH is 1. The standard InChI is InChI=1S/C24H23F3N4O5S/c25-24(26,27)36-17-7-9-18(10-8-17)37(33,34)30-19-12-35-13-21(22(19)32)31-20-4-2-1-3-15(20)5-6-16-11-28-14-29-23(16)31/h1-4,7-11,14,19,21-22,30,32H,5-6,12-13H2/t19-,21-,22-/m0/s1. The Hall–Kier alpha value is -3.26. The maximum atomic E-state index is 13.0. The molecule has 2 aromatic carbocycles. The molecule has 0 amide bonds. The first kappa shape index (κ1) is 25.4. The lowest BCUT2D eigenvalue weighted by Gasteiger charge is -2.42. The van der Waals surface area contributed by atoms with Crippen LogP contribution < -0.4 is 14.4 Å². The lowest BCUT2D eigenvalue weighted by atomic mass is 9.99. The number of aliphatic hydroxyl groups is 1. The van der Waals surface area contributed by atoms with E-state index in [2.05, 4.69) is 19.4 Å². The van der Waals surface area contributed by atoms with Gasteiger partial charge < -0.3 is 19.5 Å². The van der Waals surface area contributed by atoms with Crippen LogP contribution in [0.15, 0.2) is 66.0 Å². The lowest BCUT2D eigenvalue weighted by molar-refractivity contribution is -0.274. The summed E-state index contributed by atoms with van der Waals surface area (Å²) in [6, 6.07) is 9.79. The molecule has 1 saturated heterocycles. The SMILES string of the molecule is O=S(=O)(N[C@H]1COC[C@H](N2c3ccccc3CCc3cncnc32)[C@H]1O)c1ccc(OC(F)(F)F)cc1. The maximum Gasteiger partial charge on any atom is 0.573 e. The smallest absolute Gasteiger partial charge is 0.406 e. The number of aryl methyl sites for hydroxylation is 2. The van der Waals surface area contributed by atoms with Crippen LogP contribution in [-0.4, -0.2) is 61.3 Å². The Balaban J connectivity index is 1.41. The fraction of sp³-hybridized carbons (Fsp3) is 0.333. The second-order valence-corrected chi connectivity index (χ2v) is 10.4. The minimum absolute atomic E-state index is 0.0989. The van der Waals surface area contributed by atoms with Crippen LogP contribution in [-0.2, 0) is 27.6 Å². The van der Waals surface area contributed by atoms with Crippen molar-refractivity contribution in [2.45, 2.75) is 42.3 Å². The monoisotopic (exact) mass is 536 g/mol. The summed E-state index contributed by atoms with van der Waals surface area (Å²) < 4.78 is 75.2. The Labute approximate surface area is 210 Å². The molecule has 5 rings (SSSR count). The van der Waals surface area contributed by atoms with Crippen molar-refractivity contribution in [3.05, 3.63) is 72.2 Å². The molecular formula is C24H23F3N4O5S. The van der Waals surface area contributed by atoms with Crippen LogP contribution in [0.1, 0.15) is 11.1 Å². The highest BCUT2D eigenvalue weighted by Crippen LogP contribution is 2.38. The van der Waals surface area contributed by atoms with Gasteiger partial charge in [-0.1, -0.05) is 18.2 Å². The van der Waals surface area contributed by atoms with E-state index in [1.807, 2.05) is 29.2 Å². The number of hydrogen-bond donors (Lipinski definition) is 2. The second kappa shape index (κ2) is 9.89. The van der Waals surface area contributed by atoms with Crippen molar-refractivity contribution in [1.29, 1.82) is 0 Å². The zero-order chi connectivity index (χ0) is 26.2. The van der Waals surface area contributed by atoms with E-state index < -0.39 is 40.3 Å². The highest BCUT2D eigenvalue weighted by atomic mass is 32.2. The fourth-order valence-electron chi connectivity index (χ4n) is 4.62. The topological polar surface area (TPSA) is 114 Å². The van der Waals surface area contributed by atoms with Crippen LogP contribution >= 0.6 is 0 Å². The van der Waals surface area contributed by atoms with Crippen molar-refractivity contribution in [2.75, 3.05) is 18.1 Å². The number of halogens is 3. The number of sulfonamides is 1. The van der Waals surface area contributed by atoms with Gasteiger partial charge in [-0.15, -0.1) is 13.2 Å². The quantitative estimate of drug-likeness (QED) is 0.512. The summed E-state index contributed by atoms with van der Waals surface area (Å²) >= 11 is 0. The number of aromatic nitrogens is 2. The molecule has 37 heavy (non-hydrogen) atoms. The molecule has 0 saturated carbocycles. The molecular weight excluding hydrogens is 513 g/mol. The van der Waals surface area contributed by atoms with Gasteiger partial charge in [-0.3, -0.25) is 0 Å². The molecule has 3 atom stereocenters. The minimum atomic E-state index is -4.90. The van der Waals surface area contributed by atoms with Gasteiger partial charge in [0.25, 0.3) is 0 Å². The number of hydrogen-bond acceptors (Lipinski definition) is 8. The minimum Gasteiger partial charge on any atom is -0.406 e. The van der Waals surface area contributed by atoms with Gasteiger partial charge in [-0.05, 0) is 48.7 Å². The Bertz CT molecular complexity index is 1320. The molecule has 2 N–H and O–H groups in total. The van der Waals surface area contributed by atoms with Crippen LogP contribution in [0.3, 0.4) is 0 Å². The number of nitrogens with one attached hydrogen (secondary N) is 1. The number of anilines is 2. The van der Waals surface area contributed by atoms with Gasteiger partial charge in [0.2, 0.25) is 10.0 Å². The van der Waals surface area contributed by atoms with Gasteiger partial charge in [0.1, 0.15) is 17.9 Å². The summed E-state index contributed by atoms with van der Waals surface area (Å²) in [6.45, 7) is 0.0128. The number of rotatable bonds is 5. The highest BCUT2D eigenvalue weighted by Gasteiger charge is 2.41. The molecule has 9 nitrogen and oxygen atoms in total. The largest absolute Gasteiger partial charge is 0.573 e. The van der Waals surface area contributed by atoms with E-state index in [1.54, 1.807) is 6.20 Å². The van der Waals surface area contributed by atoms with E-state index in [9.17, 15) is 26.7 Å². The Kier molecular flexibility index (Phi) is 6.79. The van der Waals surface area contributed by atoms with Crippen molar-refractivity contribution >= 4 is 21.5 Å². The van der Waals surface area contributed by atoms with Gasteiger partial charge in [0.15, 0.2) is 0 Å². The predicted molar refractivity (Wildman–Crippen MR) is 126 cm³/mol. The molecule has 13 heteroatoms. The third-order valence-corrected chi connectivity index (χ3v) is 7.81. The third-order valence-electron chi connectivity index (χ3n) is 6.31. The van der Waals surface area contributed by atoms with Gasteiger partial charge in [0, 0.05) is 17.4 Å². The summed E-state index contributed by atoms with van der Waals surface area (Å²) in [5, 5.41) is 11.4. The average molecular weight is 537 g/mol. The van der Waals surface area contributed by atoms with Crippen LogP contribution in [0, 0.1) is 0 Å². The van der Waals surface area contributed by atoms with E-state index in [4.69, 9.17) is 4.74 Å². The van der Waals surface area contributed by atoms with E-state index in [1.165, 1.54) is 6.33 Å². The van der Waals surface area contributed by atoms with Gasteiger partial charge >= 0.3 is 6.36 Å². The zero-order valence-electron chi connectivity index (χ0n) is 19.3. The number of nitrogens with zero attached hydrogens (tertiary/aromatic N) is 3. The first-order valence-electron chi connectivity index (χ1n) is 11.4. The maximum absolute atomic E-state index is 13.0. The Morgan fingerprint density at radius 1 is 1.05 bits per heavy atom. The molecule has 196 valence electrons. The summed E-state index contributed by atoms with van der Waals surface area (Å²) in [5.74, 6) is 0.0596. The van der Waals surface area contributed by atoms with Crippen LogP contribution in [0.4, 0.5) is 24.7 Å². The number of para-hydroxylation sites is 1. The van der Waals surface area contributed by atoms with Crippen molar-refractivity contribution in [1.82, 2.24) is 14.7 Å². The number of ether oxygens (including phenoxy) is 2. The highest BCUT2D eigenvalue weighted by molar-refractivity contribution is 7.89. The molecule has 0 unspecified atom stereocenters. The summed E-state index contributed by atoms with van der Waals surface area (Å²) in [4.78, 5) is 10.2. The first-order valence-corrected chi connectivity index (χ1v) is 12.9. The van der Waals surface area contributed by atoms with E-state index in [-0.39, 0.29) is 18.1 Å². The van der Waals surface area contributed by atoms with Crippen LogP contribution in [0.25, 0.3) is 0 Å². The van der Waals surface area contributed by atoms with Crippen molar-refractivity contribution in [2.24, 2.45) is 0 Å². The zero-order valence-corrected chi connectivity index (χ0v) is 20.1. The van der Waals surface area contributed by atoms with Crippen LogP contribution in [0.5, 0.6) is 5.75 Å². The van der Waals surface area contributed by atoms with Crippen LogP contribution in [0.2, 0.25) is 0 Å². The van der Waals surface area contributed by atoms with E-state index in [0.29, 0.717) is 12.2 Å². The summed E-state index contributed by atoms with van der Waals surface area (Å²) in [5.41, 5.74) is 2.75. The second-order valence-electron chi connectivity index (χ2n) is 8.71. The van der Waals surface area contributed by atoms with E-state index in [0.717, 1.165) is 47.5 Å². The summed E-state index contributed by atoms with van der Waals surface area (Å²) in [7, 11) is -4.21. The first-order chi connectivity index (χ1) is 17.6. The van der Waals surface area contributed by atoms with Gasteiger partial charge in [-0.25, -0.2) is 23.1 Å². The molecule has 2 aliphatic rings. The predicted octanol–water partition coefficient (Wildman–Crippen LogP) is 2.72. The number of fused-ring (bicyclic) bond motifs is 2. The van der Waals surface area contributed by atoms with Gasteiger partial charge in [0.05, 0.1) is 36.3 Å². The van der Waals surface area contributed by atoms with E-state index >= 15 is 0 Å². The average Bonchev–Trinajstić information content (AvgIpc) is 3.02. The molecule has 0 aliphatic carbocycles. The van der Waals surface area contributed by atoms with Crippen molar-refractivity contribution in [3.63, 3.8) is 0 Å². The molecule has 0 bridgehead atoms. The third kappa shape index (κ3) is 5.39. The molecule has 2 aliphatic heterocycles. The molecule has 3 aromatic rings. The molecule has 3 heterocycles. The van der Waals surface area contributed by atoms with Crippen molar-refractivity contribution in [3.8, 4) is 5.75 Å². The fourth-order valence-corrected chi connectivity index (χ4v) is 5.86. The molecule has 0 radical (unpaired) electrons. The molecule has 0 spiro atoms. The number of alkyl halides is 3. The number of benzene rings is 2. The molecule has 1 aromatic heterocycles. The summed E-state index contributed by atoms with van der Waals surface area (Å²) in [6.07, 6.45) is -1.53. The Morgan fingerprint density at radius 2 is 1.78 bits per heavy atom.